The SMILES string of the molecule is Nc1ccc(-c2cn[nH]c2)cc1OCCc1ccccn1. The van der Waals surface area contributed by atoms with Crippen molar-refractivity contribution in [1.82, 2.24) is 15.2 Å². The van der Waals surface area contributed by atoms with E-state index >= 15 is 0 Å². The smallest absolute Gasteiger partial charge is 0.142 e. The number of H-pyrrole nitrogens is 1. The number of rotatable bonds is 5. The summed E-state index contributed by atoms with van der Waals surface area (Å²) in [7, 11) is 0. The van der Waals surface area contributed by atoms with E-state index in [0.717, 1.165) is 23.2 Å². The van der Waals surface area contributed by atoms with Crippen molar-refractivity contribution in [3.05, 3.63) is 60.7 Å². The van der Waals surface area contributed by atoms with E-state index in [4.69, 9.17) is 10.5 Å². The van der Waals surface area contributed by atoms with E-state index in [0.29, 0.717) is 18.0 Å². The number of ether oxygens (including phenoxy) is 1. The van der Waals surface area contributed by atoms with Gasteiger partial charge in [-0.1, -0.05) is 12.1 Å². The van der Waals surface area contributed by atoms with Crippen molar-refractivity contribution in [3.63, 3.8) is 0 Å². The van der Waals surface area contributed by atoms with E-state index < -0.39 is 0 Å². The molecule has 0 unspecified atom stereocenters. The molecule has 2 heterocycles. The third-order valence-corrected chi connectivity index (χ3v) is 3.19. The van der Waals surface area contributed by atoms with Gasteiger partial charge in [-0.2, -0.15) is 5.10 Å². The van der Waals surface area contributed by atoms with Crippen molar-refractivity contribution in [1.29, 1.82) is 0 Å². The molecule has 0 amide bonds. The van der Waals surface area contributed by atoms with Crippen LogP contribution in [-0.2, 0) is 6.42 Å². The van der Waals surface area contributed by atoms with E-state index in [2.05, 4.69) is 15.2 Å². The summed E-state index contributed by atoms with van der Waals surface area (Å²) in [5, 5.41) is 6.74. The van der Waals surface area contributed by atoms with Gasteiger partial charge >= 0.3 is 0 Å². The molecule has 5 heteroatoms. The van der Waals surface area contributed by atoms with Crippen molar-refractivity contribution in [2.24, 2.45) is 0 Å². The van der Waals surface area contributed by atoms with Crippen LogP contribution in [0, 0.1) is 0 Å². The average Bonchev–Trinajstić information content (AvgIpc) is 3.04. The van der Waals surface area contributed by atoms with E-state index in [1.165, 1.54) is 0 Å². The second kappa shape index (κ2) is 6.09. The van der Waals surface area contributed by atoms with Crippen LogP contribution in [0.2, 0.25) is 0 Å². The lowest BCUT2D eigenvalue weighted by molar-refractivity contribution is 0.322. The molecule has 5 nitrogen and oxygen atoms in total. The molecule has 106 valence electrons. The van der Waals surface area contributed by atoms with Crippen molar-refractivity contribution in [3.8, 4) is 16.9 Å². The Balaban J connectivity index is 1.69. The summed E-state index contributed by atoms with van der Waals surface area (Å²) in [6, 6.07) is 11.6. The highest BCUT2D eigenvalue weighted by molar-refractivity contribution is 5.68. The molecule has 3 N–H and O–H groups in total. The van der Waals surface area contributed by atoms with Gasteiger partial charge in [-0.15, -0.1) is 0 Å². The quantitative estimate of drug-likeness (QED) is 0.704. The first kappa shape index (κ1) is 13.2. The molecule has 0 spiro atoms. The zero-order valence-electron chi connectivity index (χ0n) is 11.5. The third kappa shape index (κ3) is 3.20. The fraction of sp³-hybridized carbons (Fsp3) is 0.125. The molecule has 1 aromatic carbocycles. The lowest BCUT2D eigenvalue weighted by atomic mass is 10.1. The van der Waals surface area contributed by atoms with Crippen LogP contribution < -0.4 is 10.5 Å². The highest BCUT2D eigenvalue weighted by Crippen LogP contribution is 2.28. The average molecular weight is 280 g/mol. The minimum Gasteiger partial charge on any atom is -0.491 e. The van der Waals surface area contributed by atoms with Gasteiger partial charge < -0.3 is 10.5 Å². The Kier molecular flexibility index (Phi) is 3.82. The van der Waals surface area contributed by atoms with Gasteiger partial charge in [0.1, 0.15) is 5.75 Å². The first-order valence-corrected chi connectivity index (χ1v) is 6.74. The number of pyridine rings is 1. The summed E-state index contributed by atoms with van der Waals surface area (Å²) in [4.78, 5) is 4.27. The molecule has 0 bridgehead atoms. The number of nitrogens with one attached hydrogen (secondary N) is 1. The number of aromatic amines is 1. The minimum atomic E-state index is 0.538. The second-order valence-electron chi connectivity index (χ2n) is 4.66. The molecule has 0 aliphatic heterocycles. The molecule has 0 radical (unpaired) electrons. The number of hydrogen-bond acceptors (Lipinski definition) is 4. The van der Waals surface area contributed by atoms with E-state index in [9.17, 15) is 0 Å². The number of anilines is 1. The zero-order valence-corrected chi connectivity index (χ0v) is 11.5. The number of hydrogen-bond donors (Lipinski definition) is 2. The Morgan fingerprint density at radius 1 is 1.14 bits per heavy atom. The summed E-state index contributed by atoms with van der Waals surface area (Å²) in [5.74, 6) is 0.685. The maximum atomic E-state index is 5.96. The molecule has 0 atom stereocenters. The van der Waals surface area contributed by atoms with Gasteiger partial charge in [0, 0.05) is 30.1 Å². The molecule has 3 rings (SSSR count). The molecule has 0 aliphatic carbocycles. The largest absolute Gasteiger partial charge is 0.491 e. The number of nitrogens with two attached hydrogens (primary N) is 1. The van der Waals surface area contributed by atoms with Crippen LogP contribution in [0.15, 0.2) is 55.0 Å². The van der Waals surface area contributed by atoms with E-state index in [1.54, 1.807) is 12.4 Å². The van der Waals surface area contributed by atoms with E-state index in [1.807, 2.05) is 42.6 Å². The lowest BCUT2D eigenvalue weighted by Gasteiger charge is -2.10. The molecule has 0 saturated carbocycles. The Bertz CT molecular complexity index is 696. The highest BCUT2D eigenvalue weighted by Gasteiger charge is 2.05. The summed E-state index contributed by atoms with van der Waals surface area (Å²) in [6.07, 6.45) is 6.13. The van der Waals surface area contributed by atoms with Crippen LogP contribution in [0.1, 0.15) is 5.69 Å². The molecular weight excluding hydrogens is 264 g/mol. The van der Waals surface area contributed by atoms with Gasteiger partial charge in [-0.05, 0) is 29.8 Å². The molecule has 0 aliphatic rings. The summed E-state index contributed by atoms with van der Waals surface area (Å²) in [6.45, 7) is 0.538. The maximum Gasteiger partial charge on any atom is 0.142 e. The van der Waals surface area contributed by atoms with Gasteiger partial charge in [0.05, 0.1) is 18.5 Å². The van der Waals surface area contributed by atoms with Crippen LogP contribution in [-0.4, -0.2) is 21.8 Å². The Labute approximate surface area is 122 Å². The maximum absolute atomic E-state index is 5.96. The van der Waals surface area contributed by atoms with Crippen molar-refractivity contribution in [2.75, 3.05) is 12.3 Å². The molecule has 21 heavy (non-hydrogen) atoms. The Morgan fingerprint density at radius 3 is 2.86 bits per heavy atom. The summed E-state index contributed by atoms with van der Waals surface area (Å²) >= 11 is 0. The molecular formula is C16H16N4O. The van der Waals surface area contributed by atoms with Crippen molar-refractivity contribution < 1.29 is 4.74 Å². The van der Waals surface area contributed by atoms with Gasteiger partial charge in [0.2, 0.25) is 0 Å². The first-order chi connectivity index (χ1) is 10.3. The van der Waals surface area contributed by atoms with Crippen LogP contribution in [0.4, 0.5) is 5.69 Å². The van der Waals surface area contributed by atoms with E-state index in [-0.39, 0.29) is 0 Å². The number of benzene rings is 1. The predicted octanol–water partition coefficient (Wildman–Crippen LogP) is 2.68. The summed E-state index contributed by atoms with van der Waals surface area (Å²) < 4.78 is 5.78. The Morgan fingerprint density at radius 2 is 2.10 bits per heavy atom. The Hall–Kier alpha value is -2.82. The fourth-order valence-corrected chi connectivity index (χ4v) is 2.06. The van der Waals surface area contributed by atoms with Crippen molar-refractivity contribution >= 4 is 5.69 Å². The molecule has 0 fully saturated rings. The van der Waals surface area contributed by atoms with Gasteiger partial charge in [0.15, 0.2) is 0 Å². The van der Waals surface area contributed by atoms with Crippen LogP contribution >= 0.6 is 0 Å². The van der Waals surface area contributed by atoms with Crippen LogP contribution in [0.5, 0.6) is 5.75 Å². The van der Waals surface area contributed by atoms with Gasteiger partial charge in [0.25, 0.3) is 0 Å². The van der Waals surface area contributed by atoms with Crippen LogP contribution in [0.3, 0.4) is 0 Å². The first-order valence-electron chi connectivity index (χ1n) is 6.74. The van der Waals surface area contributed by atoms with Gasteiger partial charge in [-0.25, -0.2) is 0 Å². The number of aromatic nitrogens is 3. The van der Waals surface area contributed by atoms with Crippen LogP contribution in [0.25, 0.3) is 11.1 Å². The highest BCUT2D eigenvalue weighted by atomic mass is 16.5. The minimum absolute atomic E-state index is 0.538. The molecule has 2 aromatic heterocycles. The van der Waals surface area contributed by atoms with Crippen molar-refractivity contribution in [2.45, 2.75) is 6.42 Å². The number of nitrogen functional groups attached to an aromatic ring is 1. The van der Waals surface area contributed by atoms with Gasteiger partial charge in [-0.3, -0.25) is 10.1 Å². The summed E-state index contributed by atoms with van der Waals surface area (Å²) in [5.41, 5.74) is 9.61. The normalized spacial score (nSPS) is 10.5. The third-order valence-electron chi connectivity index (χ3n) is 3.19. The molecule has 3 aromatic rings. The zero-order chi connectivity index (χ0) is 14.5. The number of nitrogens with zero attached hydrogens (tertiary/aromatic N) is 2. The molecule has 0 saturated heterocycles. The second-order valence-corrected chi connectivity index (χ2v) is 4.66. The lowest BCUT2D eigenvalue weighted by Crippen LogP contribution is -2.04. The topological polar surface area (TPSA) is 76.8 Å². The monoisotopic (exact) mass is 280 g/mol. The predicted molar refractivity (Wildman–Crippen MR) is 81.9 cm³/mol. The standard InChI is InChI=1S/C16H16N4O/c17-15-5-4-12(13-10-19-20-11-13)9-16(15)21-8-6-14-3-1-2-7-18-14/h1-5,7,9-11H,6,8,17H2,(H,19,20). The fourth-order valence-electron chi connectivity index (χ4n) is 2.06.